The van der Waals surface area contributed by atoms with E-state index in [0.29, 0.717) is 18.8 Å². The highest BCUT2D eigenvalue weighted by Gasteiger charge is 2.22. The van der Waals surface area contributed by atoms with Crippen molar-refractivity contribution in [2.45, 2.75) is 45.6 Å². The van der Waals surface area contributed by atoms with Gasteiger partial charge in [-0.15, -0.1) is 0 Å². The lowest BCUT2D eigenvalue weighted by molar-refractivity contribution is 0.350. The van der Waals surface area contributed by atoms with Gasteiger partial charge in [0.1, 0.15) is 5.82 Å². The molecule has 1 aromatic rings. The third-order valence-electron chi connectivity index (χ3n) is 2.93. The first-order chi connectivity index (χ1) is 7.80. The van der Waals surface area contributed by atoms with Gasteiger partial charge in [0.2, 0.25) is 0 Å². The number of rotatable bonds is 6. The molecular formula is C11H21N3O2S. The zero-order chi connectivity index (χ0) is 13.1. The molecule has 0 amide bonds. The summed E-state index contributed by atoms with van der Waals surface area (Å²) in [6.45, 7) is 8.44. The first kappa shape index (κ1) is 14.2. The van der Waals surface area contributed by atoms with Crippen LogP contribution in [0.3, 0.4) is 0 Å². The average molecular weight is 259 g/mol. The topological polar surface area (TPSA) is 74.8 Å². The van der Waals surface area contributed by atoms with E-state index in [1.807, 2.05) is 27.7 Å². The molecule has 1 heterocycles. The minimum absolute atomic E-state index is 0.0410. The molecule has 1 rings (SSSR count). The van der Waals surface area contributed by atoms with Gasteiger partial charge in [-0.1, -0.05) is 27.7 Å². The second-order valence-electron chi connectivity index (χ2n) is 4.89. The molecule has 98 valence electrons. The van der Waals surface area contributed by atoms with E-state index >= 15 is 0 Å². The summed E-state index contributed by atoms with van der Waals surface area (Å²) in [5, 5.41) is 0.140. The number of aromatic amines is 1. The van der Waals surface area contributed by atoms with Gasteiger partial charge in [-0.2, -0.15) is 0 Å². The normalized spacial score (nSPS) is 12.9. The zero-order valence-electron chi connectivity index (χ0n) is 10.9. The summed E-state index contributed by atoms with van der Waals surface area (Å²) in [6, 6.07) is 0. The number of nitrogens with one attached hydrogen (secondary N) is 2. The number of aromatic nitrogens is 2. The second kappa shape index (κ2) is 5.18. The van der Waals surface area contributed by atoms with Gasteiger partial charge in [-0.3, -0.25) is 0 Å². The highest BCUT2D eigenvalue weighted by molar-refractivity contribution is 7.89. The van der Waals surface area contributed by atoms with E-state index in [0.717, 1.165) is 6.42 Å². The molecule has 17 heavy (non-hydrogen) atoms. The van der Waals surface area contributed by atoms with Crippen molar-refractivity contribution >= 4 is 10.0 Å². The lowest BCUT2D eigenvalue weighted by atomic mass is 9.91. The molecular weight excluding hydrogens is 238 g/mol. The molecule has 0 spiro atoms. The van der Waals surface area contributed by atoms with E-state index < -0.39 is 10.0 Å². The van der Waals surface area contributed by atoms with Crippen LogP contribution in [0, 0.1) is 5.41 Å². The first-order valence-corrected chi connectivity index (χ1v) is 7.32. The van der Waals surface area contributed by atoms with Gasteiger partial charge in [-0.25, -0.2) is 18.1 Å². The molecule has 5 nitrogen and oxygen atoms in total. The number of H-pyrrole nitrogens is 1. The Morgan fingerprint density at radius 3 is 2.53 bits per heavy atom. The molecule has 0 fully saturated rings. The molecule has 0 aliphatic heterocycles. The lowest BCUT2D eigenvalue weighted by Gasteiger charge is -2.22. The Bertz CT molecular complexity index is 463. The molecule has 0 saturated carbocycles. The molecule has 0 radical (unpaired) electrons. The number of aryl methyl sites for hydroxylation is 1. The maximum absolute atomic E-state index is 11.9. The van der Waals surface area contributed by atoms with Crippen LogP contribution < -0.4 is 4.72 Å². The Labute approximate surface area is 103 Å². The van der Waals surface area contributed by atoms with Crippen molar-refractivity contribution in [1.29, 1.82) is 0 Å². The van der Waals surface area contributed by atoms with E-state index in [-0.39, 0.29) is 10.4 Å². The standard InChI is InChI=1S/C11H21N3O2S/c1-5-9-12-7-10(14-9)17(15,16)13-8-11(3,4)6-2/h7,13H,5-6,8H2,1-4H3,(H,12,14). The van der Waals surface area contributed by atoms with Crippen molar-refractivity contribution in [1.82, 2.24) is 14.7 Å². The average Bonchev–Trinajstić information content (AvgIpc) is 2.76. The molecule has 0 aliphatic carbocycles. The van der Waals surface area contributed by atoms with Crippen LogP contribution in [0.2, 0.25) is 0 Å². The SMILES string of the molecule is CCc1ncc(S(=O)(=O)NCC(C)(C)CC)[nH]1. The fourth-order valence-corrected chi connectivity index (χ4v) is 2.33. The van der Waals surface area contributed by atoms with Gasteiger partial charge in [0.05, 0.1) is 6.20 Å². The van der Waals surface area contributed by atoms with Crippen molar-refractivity contribution in [3.05, 3.63) is 12.0 Å². The minimum atomic E-state index is -3.46. The minimum Gasteiger partial charge on any atom is -0.332 e. The summed E-state index contributed by atoms with van der Waals surface area (Å²) >= 11 is 0. The Hall–Kier alpha value is -0.880. The van der Waals surface area contributed by atoms with Crippen LogP contribution in [-0.4, -0.2) is 24.9 Å². The van der Waals surface area contributed by atoms with E-state index in [2.05, 4.69) is 14.7 Å². The van der Waals surface area contributed by atoms with Crippen molar-refractivity contribution in [3.63, 3.8) is 0 Å². The molecule has 0 bridgehead atoms. The van der Waals surface area contributed by atoms with Gasteiger partial charge in [0, 0.05) is 13.0 Å². The zero-order valence-corrected chi connectivity index (χ0v) is 11.7. The first-order valence-electron chi connectivity index (χ1n) is 5.84. The highest BCUT2D eigenvalue weighted by atomic mass is 32.2. The molecule has 0 unspecified atom stereocenters. The van der Waals surface area contributed by atoms with Crippen LogP contribution in [0.5, 0.6) is 0 Å². The molecule has 6 heteroatoms. The Balaban J connectivity index is 2.76. The van der Waals surface area contributed by atoms with E-state index in [4.69, 9.17) is 0 Å². The van der Waals surface area contributed by atoms with Crippen molar-refractivity contribution in [2.24, 2.45) is 5.41 Å². The molecule has 0 atom stereocenters. The number of sulfonamides is 1. The Kier molecular flexibility index (Phi) is 4.32. The van der Waals surface area contributed by atoms with E-state index in [1.165, 1.54) is 6.20 Å². The largest absolute Gasteiger partial charge is 0.332 e. The van der Waals surface area contributed by atoms with E-state index in [1.54, 1.807) is 0 Å². The Morgan fingerprint density at radius 2 is 2.06 bits per heavy atom. The third-order valence-corrected chi connectivity index (χ3v) is 4.24. The molecule has 1 aromatic heterocycles. The van der Waals surface area contributed by atoms with Crippen molar-refractivity contribution in [3.8, 4) is 0 Å². The summed E-state index contributed by atoms with van der Waals surface area (Å²) in [6.07, 6.45) is 2.97. The van der Waals surface area contributed by atoms with E-state index in [9.17, 15) is 8.42 Å². The summed E-state index contributed by atoms with van der Waals surface area (Å²) < 4.78 is 26.5. The monoisotopic (exact) mass is 259 g/mol. The quantitative estimate of drug-likeness (QED) is 0.816. The summed E-state index contributed by atoms with van der Waals surface area (Å²) in [5.74, 6) is 0.681. The van der Waals surface area contributed by atoms with Crippen LogP contribution >= 0.6 is 0 Å². The summed E-state index contributed by atoms with van der Waals surface area (Å²) in [4.78, 5) is 6.79. The molecule has 0 aromatic carbocycles. The van der Waals surface area contributed by atoms with Crippen LogP contribution in [0.15, 0.2) is 11.2 Å². The fourth-order valence-electron chi connectivity index (χ4n) is 1.15. The molecule has 0 aliphatic rings. The number of imidazole rings is 1. The lowest BCUT2D eigenvalue weighted by Crippen LogP contribution is -2.33. The number of nitrogens with zero attached hydrogens (tertiary/aromatic N) is 1. The predicted molar refractivity (Wildman–Crippen MR) is 67.2 cm³/mol. The van der Waals surface area contributed by atoms with Gasteiger partial charge < -0.3 is 4.98 Å². The highest BCUT2D eigenvalue weighted by Crippen LogP contribution is 2.19. The van der Waals surface area contributed by atoms with Crippen molar-refractivity contribution in [2.75, 3.05) is 6.54 Å². The fraction of sp³-hybridized carbons (Fsp3) is 0.727. The number of hydrogen-bond acceptors (Lipinski definition) is 3. The number of hydrogen-bond donors (Lipinski definition) is 2. The van der Waals surface area contributed by atoms with Crippen molar-refractivity contribution < 1.29 is 8.42 Å². The summed E-state index contributed by atoms with van der Waals surface area (Å²) in [5.41, 5.74) is -0.0410. The third kappa shape index (κ3) is 3.81. The maximum Gasteiger partial charge on any atom is 0.257 e. The van der Waals surface area contributed by atoms with Gasteiger partial charge in [-0.05, 0) is 11.8 Å². The molecule has 0 saturated heterocycles. The smallest absolute Gasteiger partial charge is 0.257 e. The van der Waals surface area contributed by atoms with Crippen LogP contribution in [0.25, 0.3) is 0 Å². The van der Waals surface area contributed by atoms with Crippen LogP contribution in [0.4, 0.5) is 0 Å². The maximum atomic E-state index is 11.9. The predicted octanol–water partition coefficient (Wildman–Crippen LogP) is 1.69. The van der Waals surface area contributed by atoms with Crippen LogP contribution in [0.1, 0.15) is 39.9 Å². The summed E-state index contributed by atoms with van der Waals surface area (Å²) in [7, 11) is -3.46. The Morgan fingerprint density at radius 1 is 1.41 bits per heavy atom. The molecule has 2 N–H and O–H groups in total. The second-order valence-corrected chi connectivity index (χ2v) is 6.63. The van der Waals surface area contributed by atoms with Crippen LogP contribution in [-0.2, 0) is 16.4 Å². The van der Waals surface area contributed by atoms with Gasteiger partial charge in [0.25, 0.3) is 10.0 Å². The van der Waals surface area contributed by atoms with Gasteiger partial charge >= 0.3 is 0 Å². The van der Waals surface area contributed by atoms with Gasteiger partial charge in [0.15, 0.2) is 5.03 Å².